The van der Waals surface area contributed by atoms with Crippen molar-refractivity contribution in [3.63, 3.8) is 0 Å². The van der Waals surface area contributed by atoms with Crippen LogP contribution < -0.4 is 10.9 Å². The fourth-order valence-electron chi connectivity index (χ4n) is 3.45. The highest BCUT2D eigenvalue weighted by atomic mass is 16.2. The predicted octanol–water partition coefficient (Wildman–Crippen LogP) is 1.75. The van der Waals surface area contributed by atoms with Gasteiger partial charge in [0.2, 0.25) is 0 Å². The average molecular weight is 313 g/mol. The average Bonchev–Trinajstić information content (AvgIpc) is 3.03. The lowest BCUT2D eigenvalue weighted by Crippen LogP contribution is -2.40. The molecule has 0 aliphatic carbocycles. The van der Waals surface area contributed by atoms with E-state index in [0.717, 1.165) is 30.4 Å². The molecule has 5 nitrogen and oxygen atoms in total. The van der Waals surface area contributed by atoms with Crippen LogP contribution >= 0.6 is 0 Å². The third-order valence-corrected chi connectivity index (χ3v) is 4.80. The van der Waals surface area contributed by atoms with Gasteiger partial charge in [-0.15, -0.1) is 0 Å². The van der Waals surface area contributed by atoms with Crippen molar-refractivity contribution < 1.29 is 4.79 Å². The molecule has 0 bridgehead atoms. The Hall–Kier alpha value is -2.14. The zero-order valence-electron chi connectivity index (χ0n) is 13.7. The number of hydrogen-bond donors (Lipinski definition) is 1. The van der Waals surface area contributed by atoms with Crippen LogP contribution in [-0.4, -0.2) is 41.1 Å². The minimum Gasteiger partial charge on any atom is -0.350 e. The molecular formula is C18H23N3O2. The second kappa shape index (κ2) is 6.54. The molecule has 1 saturated heterocycles. The molecule has 1 aromatic heterocycles. The summed E-state index contributed by atoms with van der Waals surface area (Å²) in [4.78, 5) is 27.1. The summed E-state index contributed by atoms with van der Waals surface area (Å²) in [7, 11) is 1.73. The van der Waals surface area contributed by atoms with Crippen LogP contribution in [0.5, 0.6) is 0 Å². The molecule has 3 rings (SSSR count). The number of aryl methyl sites for hydroxylation is 1. The fourth-order valence-corrected chi connectivity index (χ4v) is 3.45. The lowest BCUT2D eigenvalue weighted by atomic mass is 10.1. The monoisotopic (exact) mass is 313 g/mol. The van der Waals surface area contributed by atoms with E-state index >= 15 is 0 Å². The van der Waals surface area contributed by atoms with Crippen LogP contribution in [0.1, 0.15) is 30.1 Å². The van der Waals surface area contributed by atoms with Crippen molar-refractivity contribution in [1.82, 2.24) is 14.8 Å². The summed E-state index contributed by atoms with van der Waals surface area (Å²) >= 11 is 0. The Kier molecular flexibility index (Phi) is 4.48. The number of aromatic nitrogens is 1. The van der Waals surface area contributed by atoms with Gasteiger partial charge in [0.15, 0.2) is 0 Å². The topological polar surface area (TPSA) is 54.3 Å². The summed E-state index contributed by atoms with van der Waals surface area (Å²) < 4.78 is 1.57. The van der Waals surface area contributed by atoms with Gasteiger partial charge in [-0.2, -0.15) is 0 Å². The molecule has 2 aromatic rings. The zero-order chi connectivity index (χ0) is 16.4. The van der Waals surface area contributed by atoms with Gasteiger partial charge in [-0.1, -0.05) is 25.1 Å². The van der Waals surface area contributed by atoms with Crippen LogP contribution in [0.15, 0.2) is 35.1 Å². The van der Waals surface area contributed by atoms with E-state index in [1.165, 1.54) is 12.5 Å². The highest BCUT2D eigenvalue weighted by Crippen LogP contribution is 2.18. The van der Waals surface area contributed by atoms with Crippen LogP contribution in [0.4, 0.5) is 0 Å². The number of fused-ring (bicyclic) bond motifs is 1. The van der Waals surface area contributed by atoms with E-state index in [9.17, 15) is 9.59 Å². The smallest absolute Gasteiger partial charge is 0.252 e. The normalized spacial score (nSPS) is 18.4. The highest BCUT2D eigenvalue weighted by Gasteiger charge is 2.23. The summed E-state index contributed by atoms with van der Waals surface area (Å²) in [5.74, 6) is -0.165. The summed E-state index contributed by atoms with van der Waals surface area (Å²) in [6, 6.07) is 9.35. The van der Waals surface area contributed by atoms with Crippen LogP contribution in [-0.2, 0) is 7.05 Å². The van der Waals surface area contributed by atoms with Gasteiger partial charge in [-0.3, -0.25) is 14.5 Å². The molecule has 122 valence electrons. The van der Waals surface area contributed by atoms with Crippen molar-refractivity contribution in [3.8, 4) is 0 Å². The first kappa shape index (κ1) is 15.7. The number of nitrogens with one attached hydrogen (secondary N) is 1. The number of likely N-dealkylation sites (N-methyl/N-ethyl adjacent to an activating group) is 1. The standard InChI is InChI=1S/C18H23N3O2/c1-3-21-10-6-7-13(21)12-19-18(23)15-11-17(22)20(2)16-9-5-4-8-14(15)16/h4-5,8-9,11,13H,3,6-7,10,12H2,1-2H3,(H,19,23)/t13-/m0/s1. The van der Waals surface area contributed by atoms with Crippen molar-refractivity contribution in [2.24, 2.45) is 7.05 Å². The van der Waals surface area contributed by atoms with Crippen LogP contribution in [0.25, 0.3) is 10.9 Å². The fraction of sp³-hybridized carbons (Fsp3) is 0.444. The number of benzene rings is 1. The lowest BCUT2D eigenvalue weighted by Gasteiger charge is -2.23. The van der Waals surface area contributed by atoms with Gasteiger partial charge in [0, 0.05) is 31.1 Å². The number of pyridine rings is 1. The third kappa shape index (κ3) is 3.01. The molecule has 1 aliphatic rings. The van der Waals surface area contributed by atoms with E-state index in [0.29, 0.717) is 18.2 Å². The third-order valence-electron chi connectivity index (χ3n) is 4.80. The molecule has 1 aliphatic heterocycles. The molecule has 5 heteroatoms. The van der Waals surface area contributed by atoms with Gasteiger partial charge in [-0.05, 0) is 32.0 Å². The molecule has 0 spiro atoms. The largest absolute Gasteiger partial charge is 0.350 e. The molecule has 23 heavy (non-hydrogen) atoms. The molecule has 1 N–H and O–H groups in total. The second-order valence-electron chi connectivity index (χ2n) is 6.11. The van der Waals surface area contributed by atoms with Crippen LogP contribution in [0.3, 0.4) is 0 Å². The maximum absolute atomic E-state index is 12.6. The molecule has 2 heterocycles. The Labute approximate surface area is 135 Å². The van der Waals surface area contributed by atoms with Gasteiger partial charge in [0.05, 0.1) is 11.1 Å². The minimum absolute atomic E-state index is 0.162. The molecule has 0 saturated carbocycles. The Morgan fingerprint density at radius 1 is 1.35 bits per heavy atom. The van der Waals surface area contributed by atoms with Crippen molar-refractivity contribution in [2.45, 2.75) is 25.8 Å². The number of carbonyl (C=O) groups excluding carboxylic acids is 1. The second-order valence-corrected chi connectivity index (χ2v) is 6.11. The maximum atomic E-state index is 12.6. The summed E-state index contributed by atoms with van der Waals surface area (Å²) in [5, 5.41) is 3.83. The van der Waals surface area contributed by atoms with E-state index in [2.05, 4.69) is 17.1 Å². The maximum Gasteiger partial charge on any atom is 0.252 e. The number of rotatable bonds is 4. The molecule has 0 radical (unpaired) electrons. The number of para-hydroxylation sites is 1. The summed E-state index contributed by atoms with van der Waals surface area (Å²) in [6.45, 7) is 4.89. The van der Waals surface area contributed by atoms with Gasteiger partial charge < -0.3 is 9.88 Å². The predicted molar refractivity (Wildman–Crippen MR) is 91.8 cm³/mol. The first-order chi connectivity index (χ1) is 11.1. The molecule has 1 fully saturated rings. The number of likely N-dealkylation sites (tertiary alicyclic amines) is 1. The summed E-state index contributed by atoms with van der Waals surface area (Å²) in [5.41, 5.74) is 1.08. The Balaban J connectivity index is 1.84. The lowest BCUT2D eigenvalue weighted by molar-refractivity contribution is 0.0943. The number of carbonyl (C=O) groups is 1. The Morgan fingerprint density at radius 2 is 2.13 bits per heavy atom. The first-order valence-electron chi connectivity index (χ1n) is 8.23. The molecule has 1 aromatic carbocycles. The van der Waals surface area contributed by atoms with E-state index < -0.39 is 0 Å². The van der Waals surface area contributed by atoms with Crippen molar-refractivity contribution in [2.75, 3.05) is 19.6 Å². The number of nitrogens with zero attached hydrogens (tertiary/aromatic N) is 2. The van der Waals surface area contributed by atoms with Gasteiger partial charge in [0.1, 0.15) is 0 Å². The zero-order valence-corrected chi connectivity index (χ0v) is 13.7. The van der Waals surface area contributed by atoms with Crippen LogP contribution in [0.2, 0.25) is 0 Å². The van der Waals surface area contributed by atoms with E-state index in [1.807, 2.05) is 24.3 Å². The number of hydrogen-bond acceptors (Lipinski definition) is 3. The van der Waals surface area contributed by atoms with Crippen molar-refractivity contribution in [1.29, 1.82) is 0 Å². The quantitative estimate of drug-likeness (QED) is 0.936. The van der Waals surface area contributed by atoms with Crippen LogP contribution in [0, 0.1) is 0 Å². The van der Waals surface area contributed by atoms with Gasteiger partial charge in [-0.25, -0.2) is 0 Å². The van der Waals surface area contributed by atoms with E-state index in [1.54, 1.807) is 11.6 Å². The molecule has 0 unspecified atom stereocenters. The number of amides is 1. The van der Waals surface area contributed by atoms with E-state index in [4.69, 9.17) is 0 Å². The van der Waals surface area contributed by atoms with Gasteiger partial charge >= 0.3 is 0 Å². The summed E-state index contributed by atoms with van der Waals surface area (Å²) in [6.07, 6.45) is 2.30. The van der Waals surface area contributed by atoms with Crippen molar-refractivity contribution >= 4 is 16.8 Å². The van der Waals surface area contributed by atoms with Crippen molar-refractivity contribution in [3.05, 3.63) is 46.2 Å². The van der Waals surface area contributed by atoms with Gasteiger partial charge in [0.25, 0.3) is 11.5 Å². The Bertz CT molecular complexity index is 781. The minimum atomic E-state index is -0.165. The molecule has 1 atom stereocenters. The SMILES string of the molecule is CCN1CCC[C@H]1CNC(=O)c1cc(=O)n(C)c2ccccc12. The highest BCUT2D eigenvalue weighted by molar-refractivity contribution is 6.06. The first-order valence-corrected chi connectivity index (χ1v) is 8.23. The molecular weight excluding hydrogens is 290 g/mol. The Morgan fingerprint density at radius 3 is 2.91 bits per heavy atom. The van der Waals surface area contributed by atoms with E-state index in [-0.39, 0.29) is 11.5 Å². The molecule has 1 amide bonds.